The van der Waals surface area contributed by atoms with Gasteiger partial charge in [0, 0.05) is 33.7 Å². The standard InChI is InChI=1S/C28H33BrN2O3S/c29-21-9-10-25-24(18-21)28(15-13-27(11-12-27)14-16-28)19-31(25)26(32)20-5-4-8-23(17-20)35(33,34)30-22-6-2-1-3-7-22/h4-5,8-10,17-18,22,30H,1-3,6-7,11-16,19H2. The molecule has 0 radical (unpaired) electrons. The van der Waals surface area contributed by atoms with Gasteiger partial charge in [-0.05, 0) is 98.7 Å². The molecule has 2 spiro atoms. The van der Waals surface area contributed by atoms with Crippen molar-refractivity contribution in [3.8, 4) is 0 Å². The molecule has 5 nitrogen and oxygen atoms in total. The predicted octanol–water partition coefficient (Wildman–Crippen LogP) is 6.31. The first-order valence-corrected chi connectivity index (χ1v) is 15.3. The molecular formula is C28H33BrN2O3S. The Hall–Kier alpha value is -1.70. The van der Waals surface area contributed by atoms with E-state index in [0.29, 0.717) is 17.5 Å². The molecule has 6 rings (SSSR count). The fourth-order valence-electron chi connectivity index (χ4n) is 6.65. The second kappa shape index (κ2) is 8.70. The lowest BCUT2D eigenvalue weighted by molar-refractivity contribution is 0.0980. The number of rotatable bonds is 4. The van der Waals surface area contributed by atoms with Gasteiger partial charge in [-0.15, -0.1) is 0 Å². The van der Waals surface area contributed by atoms with Crippen LogP contribution in [0.15, 0.2) is 51.8 Å². The van der Waals surface area contributed by atoms with Gasteiger partial charge < -0.3 is 4.90 Å². The van der Waals surface area contributed by atoms with Crippen molar-refractivity contribution in [2.75, 3.05) is 11.4 Å². The number of carbonyl (C=O) groups is 1. The maximum absolute atomic E-state index is 13.8. The van der Waals surface area contributed by atoms with Gasteiger partial charge in [-0.1, -0.05) is 41.3 Å². The van der Waals surface area contributed by atoms with Crippen molar-refractivity contribution in [3.05, 3.63) is 58.1 Å². The Balaban J connectivity index is 1.28. The Morgan fingerprint density at radius 3 is 2.37 bits per heavy atom. The van der Waals surface area contributed by atoms with E-state index < -0.39 is 10.0 Å². The number of nitrogens with one attached hydrogen (secondary N) is 1. The number of benzene rings is 2. The number of anilines is 1. The number of hydrogen-bond acceptors (Lipinski definition) is 3. The monoisotopic (exact) mass is 556 g/mol. The number of nitrogens with zero attached hydrogens (tertiary/aromatic N) is 1. The highest BCUT2D eigenvalue weighted by Crippen LogP contribution is 2.62. The van der Waals surface area contributed by atoms with E-state index in [2.05, 4.69) is 26.7 Å². The quantitative estimate of drug-likeness (QED) is 0.479. The van der Waals surface area contributed by atoms with Crippen LogP contribution in [-0.2, 0) is 15.4 Å². The van der Waals surface area contributed by atoms with Crippen LogP contribution < -0.4 is 9.62 Å². The average Bonchev–Trinajstić information content (AvgIpc) is 3.56. The molecule has 0 bridgehead atoms. The number of hydrogen-bond donors (Lipinski definition) is 1. The minimum absolute atomic E-state index is 0.00512. The third-order valence-corrected chi connectivity index (χ3v) is 11.1. The molecule has 186 valence electrons. The summed E-state index contributed by atoms with van der Waals surface area (Å²) >= 11 is 3.65. The van der Waals surface area contributed by atoms with Crippen molar-refractivity contribution >= 4 is 37.5 Å². The summed E-state index contributed by atoms with van der Waals surface area (Å²) in [5.74, 6) is -0.119. The van der Waals surface area contributed by atoms with E-state index in [0.717, 1.165) is 48.7 Å². The molecule has 35 heavy (non-hydrogen) atoms. The summed E-state index contributed by atoms with van der Waals surface area (Å²) < 4.78 is 30.1. The largest absolute Gasteiger partial charge is 0.307 e. The summed E-state index contributed by atoms with van der Waals surface area (Å²) in [5.41, 5.74) is 3.23. The van der Waals surface area contributed by atoms with Crippen LogP contribution in [0.2, 0.25) is 0 Å². The van der Waals surface area contributed by atoms with Gasteiger partial charge in [-0.3, -0.25) is 4.79 Å². The van der Waals surface area contributed by atoms with E-state index in [9.17, 15) is 13.2 Å². The molecule has 3 saturated carbocycles. The van der Waals surface area contributed by atoms with Gasteiger partial charge in [0.2, 0.25) is 10.0 Å². The van der Waals surface area contributed by atoms with Crippen molar-refractivity contribution in [1.29, 1.82) is 0 Å². The van der Waals surface area contributed by atoms with Crippen LogP contribution in [0.4, 0.5) is 5.69 Å². The van der Waals surface area contributed by atoms with E-state index in [1.165, 1.54) is 37.7 Å². The van der Waals surface area contributed by atoms with Crippen LogP contribution in [-0.4, -0.2) is 26.9 Å². The highest BCUT2D eigenvalue weighted by atomic mass is 79.9. The van der Waals surface area contributed by atoms with E-state index >= 15 is 0 Å². The first-order chi connectivity index (χ1) is 16.8. The third-order valence-electron chi connectivity index (χ3n) is 9.07. The summed E-state index contributed by atoms with van der Waals surface area (Å²) in [7, 11) is -3.67. The second-order valence-electron chi connectivity index (χ2n) is 11.3. The minimum atomic E-state index is -3.67. The molecule has 1 heterocycles. The van der Waals surface area contributed by atoms with Crippen LogP contribution in [0.25, 0.3) is 0 Å². The van der Waals surface area contributed by atoms with Gasteiger partial charge in [0.1, 0.15) is 0 Å². The lowest BCUT2D eigenvalue weighted by atomic mass is 9.66. The van der Waals surface area contributed by atoms with Gasteiger partial charge in [0.25, 0.3) is 5.91 Å². The number of fused-ring (bicyclic) bond motifs is 2. The van der Waals surface area contributed by atoms with Crippen LogP contribution in [0, 0.1) is 5.41 Å². The SMILES string of the molecule is O=C(c1cccc(S(=O)(=O)NC2CCCCC2)c1)N1CC2(CCC3(CC3)CC2)c2cc(Br)ccc21. The molecule has 3 fully saturated rings. The molecule has 2 aromatic rings. The number of carbonyl (C=O) groups excluding carboxylic acids is 1. The second-order valence-corrected chi connectivity index (χ2v) is 13.9. The molecular weight excluding hydrogens is 524 g/mol. The third kappa shape index (κ3) is 4.38. The molecule has 2 aromatic carbocycles. The van der Waals surface area contributed by atoms with Crippen molar-refractivity contribution in [2.45, 2.75) is 87.0 Å². The van der Waals surface area contributed by atoms with Crippen molar-refractivity contribution < 1.29 is 13.2 Å². The van der Waals surface area contributed by atoms with E-state index in [1.54, 1.807) is 24.3 Å². The average molecular weight is 558 g/mol. The van der Waals surface area contributed by atoms with Gasteiger partial charge in [-0.2, -0.15) is 0 Å². The fourth-order valence-corrected chi connectivity index (χ4v) is 8.36. The smallest absolute Gasteiger partial charge is 0.258 e. The lowest BCUT2D eigenvalue weighted by Gasteiger charge is -2.38. The van der Waals surface area contributed by atoms with E-state index in [-0.39, 0.29) is 22.3 Å². The van der Waals surface area contributed by atoms with E-state index in [1.807, 2.05) is 17.0 Å². The molecule has 4 aliphatic rings. The molecule has 1 N–H and O–H groups in total. The van der Waals surface area contributed by atoms with Gasteiger partial charge >= 0.3 is 0 Å². The Kier molecular flexibility index (Phi) is 5.89. The summed E-state index contributed by atoms with van der Waals surface area (Å²) in [6, 6.07) is 12.8. The first kappa shape index (κ1) is 23.7. The van der Waals surface area contributed by atoms with Gasteiger partial charge in [-0.25, -0.2) is 13.1 Å². The zero-order valence-electron chi connectivity index (χ0n) is 20.1. The molecule has 3 aliphatic carbocycles. The molecule has 0 aromatic heterocycles. The predicted molar refractivity (Wildman–Crippen MR) is 141 cm³/mol. The van der Waals surface area contributed by atoms with Crippen LogP contribution in [0.1, 0.15) is 86.6 Å². The van der Waals surface area contributed by atoms with Gasteiger partial charge in [0.05, 0.1) is 4.90 Å². The maximum Gasteiger partial charge on any atom is 0.258 e. The summed E-state index contributed by atoms with van der Waals surface area (Å²) in [4.78, 5) is 15.9. The summed E-state index contributed by atoms with van der Waals surface area (Å²) in [6.45, 7) is 0.672. The summed E-state index contributed by atoms with van der Waals surface area (Å²) in [6.07, 6.45) is 12.4. The highest BCUT2D eigenvalue weighted by Gasteiger charge is 2.53. The minimum Gasteiger partial charge on any atom is -0.307 e. The van der Waals surface area contributed by atoms with Crippen molar-refractivity contribution in [2.24, 2.45) is 5.41 Å². The van der Waals surface area contributed by atoms with Crippen LogP contribution >= 0.6 is 15.9 Å². The molecule has 1 aliphatic heterocycles. The molecule has 0 unspecified atom stereocenters. The summed E-state index contributed by atoms with van der Waals surface area (Å²) in [5, 5.41) is 0. The topological polar surface area (TPSA) is 66.5 Å². The Morgan fingerprint density at radius 2 is 1.66 bits per heavy atom. The van der Waals surface area contributed by atoms with Crippen molar-refractivity contribution in [3.63, 3.8) is 0 Å². The molecule has 0 atom stereocenters. The normalized spacial score (nSPS) is 22.9. The lowest BCUT2D eigenvalue weighted by Crippen LogP contribution is -2.40. The molecule has 1 amide bonds. The van der Waals surface area contributed by atoms with Crippen LogP contribution in [0.3, 0.4) is 0 Å². The first-order valence-electron chi connectivity index (χ1n) is 13.0. The molecule has 7 heteroatoms. The van der Waals surface area contributed by atoms with Crippen molar-refractivity contribution in [1.82, 2.24) is 4.72 Å². The Bertz CT molecular complexity index is 1250. The fraction of sp³-hybridized carbons (Fsp3) is 0.536. The number of amides is 1. The number of sulfonamides is 1. The van der Waals surface area contributed by atoms with Gasteiger partial charge in [0.15, 0.2) is 0 Å². The molecule has 0 saturated heterocycles. The Morgan fingerprint density at radius 1 is 0.943 bits per heavy atom. The highest BCUT2D eigenvalue weighted by molar-refractivity contribution is 9.10. The number of halogens is 1. The zero-order chi connectivity index (χ0) is 24.3. The zero-order valence-corrected chi connectivity index (χ0v) is 22.5. The Labute approximate surface area is 216 Å². The maximum atomic E-state index is 13.8. The van der Waals surface area contributed by atoms with Crippen LogP contribution in [0.5, 0.6) is 0 Å². The van der Waals surface area contributed by atoms with E-state index in [4.69, 9.17) is 0 Å².